The van der Waals surface area contributed by atoms with Crippen molar-refractivity contribution >= 4 is 55.2 Å². The van der Waals surface area contributed by atoms with Gasteiger partial charge in [-0.05, 0) is 40.6 Å². The third-order valence-corrected chi connectivity index (χ3v) is 4.54. The van der Waals surface area contributed by atoms with Crippen LogP contribution in [0.5, 0.6) is 0 Å². The fourth-order valence-electron chi connectivity index (χ4n) is 2.66. The number of carbonyl (C=O) groups excluding carboxylic acids is 4. The lowest BCUT2D eigenvalue weighted by atomic mass is 10.1. The SMILES string of the molecule is O=C(Cl)CCC(=O)O[C@H]1CO[C@H]2[C@@H]1OC[C@H]2OC(=O)CCCC(=O)I. The van der Waals surface area contributed by atoms with Crippen molar-refractivity contribution in [3.63, 3.8) is 0 Å². The first-order valence-corrected chi connectivity index (χ1v) is 9.31. The predicted octanol–water partition coefficient (Wildman–Crippen LogP) is 1.29. The highest BCUT2D eigenvalue weighted by atomic mass is 127. The van der Waals surface area contributed by atoms with E-state index in [9.17, 15) is 19.2 Å². The van der Waals surface area contributed by atoms with E-state index < -0.39 is 41.6 Å². The molecule has 140 valence electrons. The summed E-state index contributed by atoms with van der Waals surface area (Å²) in [5.74, 6) is -0.979. The van der Waals surface area contributed by atoms with Gasteiger partial charge in [-0.1, -0.05) is 0 Å². The van der Waals surface area contributed by atoms with E-state index in [0.29, 0.717) is 12.8 Å². The van der Waals surface area contributed by atoms with Gasteiger partial charge in [-0.2, -0.15) is 0 Å². The van der Waals surface area contributed by atoms with Crippen LogP contribution in [0.2, 0.25) is 0 Å². The Morgan fingerprint density at radius 2 is 1.40 bits per heavy atom. The predicted molar refractivity (Wildman–Crippen MR) is 92.2 cm³/mol. The number of ether oxygens (including phenoxy) is 4. The lowest BCUT2D eigenvalue weighted by Gasteiger charge is -2.17. The van der Waals surface area contributed by atoms with E-state index in [1.54, 1.807) is 22.6 Å². The Morgan fingerprint density at radius 1 is 0.880 bits per heavy atom. The Kier molecular flexibility index (Phi) is 8.04. The van der Waals surface area contributed by atoms with Crippen molar-refractivity contribution in [2.24, 2.45) is 0 Å². The highest BCUT2D eigenvalue weighted by molar-refractivity contribution is 14.1. The summed E-state index contributed by atoms with van der Waals surface area (Å²) in [4.78, 5) is 45.0. The molecule has 10 heteroatoms. The summed E-state index contributed by atoms with van der Waals surface area (Å²) < 4.78 is 21.7. The molecule has 0 saturated carbocycles. The minimum atomic E-state index is -0.608. The van der Waals surface area contributed by atoms with Crippen molar-refractivity contribution in [3.05, 3.63) is 0 Å². The Morgan fingerprint density at radius 3 is 1.88 bits per heavy atom. The van der Waals surface area contributed by atoms with Crippen molar-refractivity contribution in [2.45, 2.75) is 56.5 Å². The zero-order chi connectivity index (χ0) is 18.4. The highest BCUT2D eigenvalue weighted by Gasteiger charge is 2.51. The zero-order valence-electron chi connectivity index (χ0n) is 13.3. The second-order valence-corrected chi connectivity index (χ2v) is 7.34. The minimum Gasteiger partial charge on any atom is -0.457 e. The van der Waals surface area contributed by atoms with Gasteiger partial charge in [0.15, 0.2) is 16.0 Å². The average molecular weight is 489 g/mol. The molecule has 0 aromatic rings. The summed E-state index contributed by atoms with van der Waals surface area (Å²) >= 11 is 6.87. The van der Waals surface area contributed by atoms with Crippen LogP contribution in [-0.4, -0.2) is 58.6 Å². The van der Waals surface area contributed by atoms with Crippen LogP contribution in [0, 0.1) is 0 Å². The summed E-state index contributed by atoms with van der Waals surface area (Å²) in [6.45, 7) is 0.286. The topological polar surface area (TPSA) is 105 Å². The molecule has 0 amide bonds. The lowest BCUT2D eigenvalue weighted by molar-refractivity contribution is -0.155. The van der Waals surface area contributed by atoms with E-state index in [-0.39, 0.29) is 36.3 Å². The van der Waals surface area contributed by atoms with Gasteiger partial charge in [0.1, 0.15) is 12.2 Å². The molecule has 2 rings (SSSR count). The molecule has 2 aliphatic heterocycles. The maximum atomic E-state index is 11.8. The van der Waals surface area contributed by atoms with E-state index in [1.165, 1.54) is 0 Å². The van der Waals surface area contributed by atoms with Crippen LogP contribution < -0.4 is 0 Å². The van der Waals surface area contributed by atoms with E-state index in [1.807, 2.05) is 0 Å². The van der Waals surface area contributed by atoms with Crippen LogP contribution in [0.25, 0.3) is 0 Å². The summed E-state index contributed by atoms with van der Waals surface area (Å²) in [5.41, 5.74) is 0. The van der Waals surface area contributed by atoms with E-state index in [2.05, 4.69) is 0 Å². The maximum Gasteiger partial charge on any atom is 0.306 e. The number of fused-ring (bicyclic) bond motifs is 1. The molecule has 2 saturated heterocycles. The molecule has 0 aliphatic carbocycles. The van der Waals surface area contributed by atoms with Crippen LogP contribution in [-0.2, 0) is 38.1 Å². The maximum absolute atomic E-state index is 11.8. The molecular weight excluding hydrogens is 471 g/mol. The standard InChI is InChI=1S/C15H18ClIO8/c16-10(18)4-5-13(21)25-9-7-23-14-8(6-22-15(9)14)24-12(20)3-1-2-11(17)19/h8-9,14-15H,1-7H2/t8-,9+,14-,15-/m1/s1. The van der Waals surface area contributed by atoms with E-state index in [4.69, 9.17) is 30.5 Å². The average Bonchev–Trinajstić information content (AvgIpc) is 3.09. The van der Waals surface area contributed by atoms with Crippen molar-refractivity contribution < 1.29 is 38.1 Å². The molecule has 0 radical (unpaired) electrons. The Balaban J connectivity index is 1.75. The van der Waals surface area contributed by atoms with Crippen LogP contribution in [0.15, 0.2) is 0 Å². The largest absolute Gasteiger partial charge is 0.457 e. The van der Waals surface area contributed by atoms with Gasteiger partial charge in [-0.15, -0.1) is 0 Å². The first-order chi connectivity index (χ1) is 11.9. The summed E-state index contributed by atoms with van der Waals surface area (Å²) in [6.07, 6.45) is -1.48. The lowest BCUT2D eigenvalue weighted by Crippen LogP contribution is -2.36. The number of carbonyl (C=O) groups is 4. The molecule has 2 heterocycles. The van der Waals surface area contributed by atoms with Crippen LogP contribution in [0.3, 0.4) is 0 Å². The third kappa shape index (κ3) is 6.46. The summed E-state index contributed by atoms with van der Waals surface area (Å²) in [6, 6.07) is 0. The zero-order valence-corrected chi connectivity index (χ0v) is 16.2. The fourth-order valence-corrected chi connectivity index (χ4v) is 3.13. The first-order valence-electron chi connectivity index (χ1n) is 7.85. The molecule has 2 fully saturated rings. The Hall–Kier alpha value is -0.780. The molecule has 4 atom stereocenters. The molecule has 0 aromatic carbocycles. The van der Waals surface area contributed by atoms with Crippen LogP contribution >= 0.6 is 34.2 Å². The van der Waals surface area contributed by atoms with Crippen molar-refractivity contribution in [3.8, 4) is 0 Å². The number of hydrogen-bond donors (Lipinski definition) is 0. The van der Waals surface area contributed by atoms with Gasteiger partial charge in [-0.3, -0.25) is 19.2 Å². The molecule has 25 heavy (non-hydrogen) atoms. The van der Waals surface area contributed by atoms with Crippen molar-refractivity contribution in [1.29, 1.82) is 0 Å². The Bertz CT molecular complexity index is 540. The highest BCUT2D eigenvalue weighted by Crippen LogP contribution is 2.31. The van der Waals surface area contributed by atoms with Gasteiger partial charge in [0, 0.05) is 19.3 Å². The number of hydrogen-bond acceptors (Lipinski definition) is 8. The van der Waals surface area contributed by atoms with E-state index in [0.717, 1.165) is 0 Å². The van der Waals surface area contributed by atoms with E-state index >= 15 is 0 Å². The molecule has 0 unspecified atom stereocenters. The van der Waals surface area contributed by atoms with Gasteiger partial charge in [0.25, 0.3) is 0 Å². The number of halogens is 2. The van der Waals surface area contributed by atoms with Gasteiger partial charge < -0.3 is 18.9 Å². The van der Waals surface area contributed by atoms with Crippen molar-refractivity contribution in [1.82, 2.24) is 0 Å². The van der Waals surface area contributed by atoms with Crippen LogP contribution in [0.4, 0.5) is 0 Å². The number of rotatable bonds is 9. The molecule has 0 spiro atoms. The quantitative estimate of drug-likeness (QED) is 0.272. The summed E-state index contributed by atoms with van der Waals surface area (Å²) in [5, 5.41) is -0.606. The minimum absolute atomic E-state index is 0.00526. The third-order valence-electron chi connectivity index (χ3n) is 3.81. The smallest absolute Gasteiger partial charge is 0.306 e. The first kappa shape index (κ1) is 20.5. The molecule has 8 nitrogen and oxygen atoms in total. The number of esters is 2. The van der Waals surface area contributed by atoms with Crippen LogP contribution in [0.1, 0.15) is 32.1 Å². The fraction of sp³-hybridized carbons (Fsp3) is 0.733. The van der Waals surface area contributed by atoms with Gasteiger partial charge in [-0.25, -0.2) is 0 Å². The monoisotopic (exact) mass is 488 g/mol. The second-order valence-electron chi connectivity index (χ2n) is 5.72. The van der Waals surface area contributed by atoms with Crippen molar-refractivity contribution in [2.75, 3.05) is 13.2 Å². The van der Waals surface area contributed by atoms with Gasteiger partial charge >= 0.3 is 11.9 Å². The van der Waals surface area contributed by atoms with Gasteiger partial charge in [0.2, 0.25) is 5.24 Å². The Labute approximate surface area is 163 Å². The van der Waals surface area contributed by atoms with Gasteiger partial charge in [0.05, 0.1) is 19.6 Å². The molecule has 0 N–H and O–H groups in total. The second kappa shape index (κ2) is 9.79. The molecular formula is C15H18ClIO8. The molecule has 0 bridgehead atoms. The molecule has 0 aromatic heterocycles. The molecule has 2 aliphatic rings. The summed E-state index contributed by atoms with van der Waals surface area (Å²) in [7, 11) is 0. The normalized spacial score (nSPS) is 27.6.